The molecule has 0 bridgehead atoms. The smallest absolute Gasteiger partial charge is 0.266 e. The van der Waals surface area contributed by atoms with E-state index >= 15 is 0 Å². The number of hydrogen-bond acceptors (Lipinski definition) is 4. The van der Waals surface area contributed by atoms with E-state index < -0.39 is 0 Å². The van der Waals surface area contributed by atoms with Crippen molar-refractivity contribution in [3.8, 4) is 12.1 Å². The summed E-state index contributed by atoms with van der Waals surface area (Å²) in [4.78, 5) is 14.4. The molecule has 0 unspecified atom stereocenters. The standard InChI is InChI=1S/C23H22N4O/c24-15-20-6-8-22(9-7-20)26-17-21(16-25)23(28)27-12-10-19(11-13-27)14-18-4-2-1-3-5-18/h1-9,17,19,26H,10-14H2/b21-17-. The molecule has 0 radical (unpaired) electrons. The summed E-state index contributed by atoms with van der Waals surface area (Å²) in [6.07, 6.45) is 4.37. The molecule has 3 rings (SSSR count). The van der Waals surface area contributed by atoms with E-state index in [-0.39, 0.29) is 11.5 Å². The molecule has 1 N–H and O–H groups in total. The quantitative estimate of drug-likeness (QED) is 0.640. The molecule has 0 atom stereocenters. The molecule has 5 heteroatoms. The highest BCUT2D eigenvalue weighted by atomic mass is 16.2. The van der Waals surface area contributed by atoms with Gasteiger partial charge in [-0.05, 0) is 55.0 Å². The number of nitriles is 2. The highest BCUT2D eigenvalue weighted by Crippen LogP contribution is 2.22. The van der Waals surface area contributed by atoms with Crippen LogP contribution in [0, 0.1) is 28.6 Å². The third-order valence-corrected chi connectivity index (χ3v) is 5.02. The Morgan fingerprint density at radius 1 is 1.07 bits per heavy atom. The maximum atomic E-state index is 12.7. The lowest BCUT2D eigenvalue weighted by molar-refractivity contribution is -0.128. The Bertz CT molecular complexity index is 912. The van der Waals surface area contributed by atoms with Crippen molar-refractivity contribution >= 4 is 11.6 Å². The van der Waals surface area contributed by atoms with E-state index in [4.69, 9.17) is 5.26 Å². The van der Waals surface area contributed by atoms with Gasteiger partial charge in [0.2, 0.25) is 0 Å². The van der Waals surface area contributed by atoms with Crippen molar-refractivity contribution in [2.75, 3.05) is 18.4 Å². The van der Waals surface area contributed by atoms with Gasteiger partial charge in [0.25, 0.3) is 5.91 Å². The highest BCUT2D eigenvalue weighted by Gasteiger charge is 2.25. The van der Waals surface area contributed by atoms with Gasteiger partial charge in [0, 0.05) is 25.0 Å². The van der Waals surface area contributed by atoms with Crippen molar-refractivity contribution in [2.45, 2.75) is 19.3 Å². The van der Waals surface area contributed by atoms with Gasteiger partial charge >= 0.3 is 0 Å². The summed E-state index contributed by atoms with van der Waals surface area (Å²) in [5.74, 6) is 0.333. The molecule has 0 saturated carbocycles. The Labute approximate surface area is 165 Å². The molecular weight excluding hydrogens is 348 g/mol. The van der Waals surface area contributed by atoms with E-state index in [0.29, 0.717) is 24.6 Å². The van der Waals surface area contributed by atoms with Crippen molar-refractivity contribution < 1.29 is 4.79 Å². The Kier molecular flexibility index (Phi) is 6.44. The van der Waals surface area contributed by atoms with Crippen LogP contribution in [0.2, 0.25) is 0 Å². The van der Waals surface area contributed by atoms with E-state index in [9.17, 15) is 10.1 Å². The van der Waals surface area contributed by atoms with E-state index in [1.54, 1.807) is 29.2 Å². The second kappa shape index (κ2) is 9.39. The second-order valence-corrected chi connectivity index (χ2v) is 6.93. The van der Waals surface area contributed by atoms with Crippen LogP contribution in [-0.4, -0.2) is 23.9 Å². The van der Waals surface area contributed by atoms with Gasteiger partial charge in [0.1, 0.15) is 11.6 Å². The average Bonchev–Trinajstić information content (AvgIpc) is 2.75. The van der Waals surface area contributed by atoms with Crippen LogP contribution in [0.5, 0.6) is 0 Å². The first-order valence-electron chi connectivity index (χ1n) is 9.40. The zero-order valence-corrected chi connectivity index (χ0v) is 15.6. The van der Waals surface area contributed by atoms with E-state index in [2.05, 4.69) is 35.7 Å². The van der Waals surface area contributed by atoms with E-state index in [1.807, 2.05) is 12.1 Å². The molecule has 0 aliphatic carbocycles. The Hall–Kier alpha value is -3.57. The molecule has 1 aliphatic rings. The highest BCUT2D eigenvalue weighted by molar-refractivity contribution is 5.97. The maximum Gasteiger partial charge on any atom is 0.266 e. The van der Waals surface area contributed by atoms with Crippen molar-refractivity contribution in [3.05, 3.63) is 77.5 Å². The Morgan fingerprint density at radius 2 is 1.75 bits per heavy atom. The lowest BCUT2D eigenvalue weighted by Crippen LogP contribution is -2.39. The number of hydrogen-bond donors (Lipinski definition) is 1. The number of benzene rings is 2. The molecule has 1 heterocycles. The summed E-state index contributed by atoms with van der Waals surface area (Å²) >= 11 is 0. The zero-order valence-electron chi connectivity index (χ0n) is 15.6. The number of rotatable bonds is 5. The van der Waals surface area contributed by atoms with Crippen molar-refractivity contribution in [3.63, 3.8) is 0 Å². The first kappa shape index (κ1) is 19.2. The predicted octanol–water partition coefficient (Wildman–Crippen LogP) is 3.86. The normalized spacial score (nSPS) is 14.8. The van der Waals surface area contributed by atoms with Gasteiger partial charge in [0.15, 0.2) is 0 Å². The number of likely N-dealkylation sites (tertiary alicyclic amines) is 1. The number of nitrogens with one attached hydrogen (secondary N) is 1. The van der Waals surface area contributed by atoms with Crippen molar-refractivity contribution in [1.29, 1.82) is 10.5 Å². The van der Waals surface area contributed by atoms with E-state index in [1.165, 1.54) is 11.8 Å². The van der Waals surface area contributed by atoms with Crippen molar-refractivity contribution in [1.82, 2.24) is 4.90 Å². The topological polar surface area (TPSA) is 79.9 Å². The van der Waals surface area contributed by atoms with Gasteiger partial charge in [-0.1, -0.05) is 30.3 Å². The molecule has 1 amide bonds. The fraction of sp³-hybridized carbons (Fsp3) is 0.261. The summed E-state index contributed by atoms with van der Waals surface area (Å²) in [5, 5.41) is 21.2. The third-order valence-electron chi connectivity index (χ3n) is 5.02. The SMILES string of the molecule is N#C/C(=C/Nc1ccc(C#N)cc1)C(=O)N1CCC(Cc2ccccc2)CC1. The average molecular weight is 370 g/mol. The van der Waals surface area contributed by atoms with Crippen LogP contribution in [0.3, 0.4) is 0 Å². The third kappa shape index (κ3) is 4.99. The van der Waals surface area contributed by atoms with Gasteiger partial charge in [-0.25, -0.2) is 0 Å². The molecule has 1 fully saturated rings. The van der Waals surface area contributed by atoms with Gasteiger partial charge in [-0.3, -0.25) is 4.79 Å². The maximum absolute atomic E-state index is 12.7. The molecule has 1 aliphatic heterocycles. The first-order chi connectivity index (χ1) is 13.7. The Balaban J connectivity index is 1.55. The monoisotopic (exact) mass is 370 g/mol. The van der Waals surface area contributed by atoms with E-state index in [0.717, 1.165) is 24.9 Å². The second-order valence-electron chi connectivity index (χ2n) is 6.93. The number of piperidine rings is 1. The van der Waals surface area contributed by atoms with Gasteiger partial charge in [0.05, 0.1) is 11.6 Å². The molecule has 0 aromatic heterocycles. The number of anilines is 1. The Morgan fingerprint density at radius 3 is 2.36 bits per heavy atom. The fourth-order valence-electron chi connectivity index (χ4n) is 3.40. The summed E-state index contributed by atoms with van der Waals surface area (Å²) in [6.45, 7) is 1.35. The first-order valence-corrected chi connectivity index (χ1v) is 9.40. The molecule has 2 aromatic rings. The predicted molar refractivity (Wildman–Crippen MR) is 108 cm³/mol. The van der Waals surface area contributed by atoms with Gasteiger partial charge in [-0.15, -0.1) is 0 Å². The van der Waals surface area contributed by atoms with Crippen LogP contribution in [0.4, 0.5) is 5.69 Å². The fourth-order valence-corrected chi connectivity index (χ4v) is 3.40. The summed E-state index contributed by atoms with van der Waals surface area (Å²) in [5.41, 5.74) is 2.70. The van der Waals surface area contributed by atoms with Crippen LogP contribution in [-0.2, 0) is 11.2 Å². The lowest BCUT2D eigenvalue weighted by atomic mass is 9.90. The number of nitrogens with zero attached hydrogens (tertiary/aromatic N) is 3. The van der Waals surface area contributed by atoms with Crippen LogP contribution >= 0.6 is 0 Å². The molecule has 0 spiro atoms. The lowest BCUT2D eigenvalue weighted by Gasteiger charge is -2.32. The minimum absolute atomic E-state index is 0.0888. The summed E-state index contributed by atoms with van der Waals surface area (Å²) in [7, 11) is 0. The molecule has 5 nitrogen and oxygen atoms in total. The molecule has 2 aromatic carbocycles. The number of carbonyl (C=O) groups excluding carboxylic acids is 1. The van der Waals surface area contributed by atoms with Gasteiger partial charge in [-0.2, -0.15) is 10.5 Å². The number of amides is 1. The number of carbonyl (C=O) groups is 1. The van der Waals surface area contributed by atoms with Crippen LogP contribution < -0.4 is 5.32 Å². The summed E-state index contributed by atoms with van der Waals surface area (Å²) in [6, 6.07) is 21.3. The van der Waals surface area contributed by atoms with Crippen LogP contribution in [0.15, 0.2) is 66.4 Å². The molecule has 1 saturated heterocycles. The molecular formula is C23H22N4O. The van der Waals surface area contributed by atoms with Crippen LogP contribution in [0.25, 0.3) is 0 Å². The van der Waals surface area contributed by atoms with Crippen molar-refractivity contribution in [2.24, 2.45) is 5.92 Å². The minimum Gasteiger partial charge on any atom is -0.360 e. The zero-order chi connectivity index (χ0) is 19.8. The minimum atomic E-state index is -0.234. The largest absolute Gasteiger partial charge is 0.360 e. The molecule has 28 heavy (non-hydrogen) atoms. The summed E-state index contributed by atoms with van der Waals surface area (Å²) < 4.78 is 0. The molecule has 140 valence electrons. The van der Waals surface area contributed by atoms with Gasteiger partial charge < -0.3 is 10.2 Å². The van der Waals surface area contributed by atoms with Crippen LogP contribution in [0.1, 0.15) is 24.0 Å².